The maximum Gasteiger partial charge on any atom is 0.239 e. The van der Waals surface area contributed by atoms with E-state index in [1.165, 1.54) is 0 Å². The Morgan fingerprint density at radius 1 is 1.40 bits per heavy atom. The molecule has 0 fully saturated rings. The molecule has 0 N–H and O–H groups in total. The maximum atomic E-state index is 4.18. The van der Waals surface area contributed by atoms with Crippen molar-refractivity contribution in [2.24, 2.45) is 15.1 Å². The number of nitrogens with zero attached hydrogens (tertiary/aromatic N) is 4. The van der Waals surface area contributed by atoms with E-state index in [1.807, 2.05) is 18.1 Å². The molecule has 2 rings (SSSR count). The summed E-state index contributed by atoms with van der Waals surface area (Å²) in [4.78, 5) is 8.36. The van der Waals surface area contributed by atoms with Crippen molar-refractivity contribution in [2.45, 2.75) is 12.7 Å². The van der Waals surface area contributed by atoms with Gasteiger partial charge in [-0.05, 0) is 0 Å². The Labute approximate surface area is 59.0 Å². The summed E-state index contributed by atoms with van der Waals surface area (Å²) in [5, 5.41) is 5.94. The van der Waals surface area contributed by atoms with Crippen LogP contribution in [0, 0.1) is 0 Å². The van der Waals surface area contributed by atoms with E-state index in [0.717, 1.165) is 6.54 Å². The molecule has 10 heavy (non-hydrogen) atoms. The minimum Gasteiger partial charge on any atom is -0.245 e. The molecule has 0 saturated carbocycles. The van der Waals surface area contributed by atoms with Crippen molar-refractivity contribution in [3.8, 4) is 0 Å². The Hall–Kier alpha value is -1.19. The zero-order valence-corrected chi connectivity index (χ0v) is 5.73. The van der Waals surface area contributed by atoms with Gasteiger partial charge in [-0.15, -0.1) is 0 Å². The van der Waals surface area contributed by atoms with Crippen molar-refractivity contribution in [3.63, 3.8) is 0 Å². The number of fused-ring (bicyclic) bond motifs is 1. The lowest BCUT2D eigenvalue weighted by molar-refractivity contribution is 0.166. The third-order valence-corrected chi connectivity index (χ3v) is 1.67. The second kappa shape index (κ2) is 1.65. The molecule has 4 nitrogen and oxygen atoms in total. The molecular formula is C6H8N4. The summed E-state index contributed by atoms with van der Waals surface area (Å²) in [6.45, 7) is 2.70. The highest BCUT2D eigenvalue weighted by Gasteiger charge is 2.33. The summed E-state index contributed by atoms with van der Waals surface area (Å²) >= 11 is 0. The largest absolute Gasteiger partial charge is 0.245 e. The van der Waals surface area contributed by atoms with E-state index in [0.29, 0.717) is 0 Å². The van der Waals surface area contributed by atoms with E-state index >= 15 is 0 Å². The number of hydrogen-bond acceptors (Lipinski definition) is 4. The highest BCUT2D eigenvalue weighted by atomic mass is 15.6. The lowest BCUT2D eigenvalue weighted by atomic mass is 10.4. The molecule has 0 bridgehead atoms. The molecule has 2 heterocycles. The average molecular weight is 136 g/mol. The summed E-state index contributed by atoms with van der Waals surface area (Å²) in [5.41, 5.74) is 0. The zero-order chi connectivity index (χ0) is 7.03. The first-order chi connectivity index (χ1) is 4.81. The monoisotopic (exact) mass is 136 g/mol. The van der Waals surface area contributed by atoms with Gasteiger partial charge in [0, 0.05) is 19.4 Å². The van der Waals surface area contributed by atoms with Crippen LogP contribution >= 0.6 is 0 Å². The van der Waals surface area contributed by atoms with Gasteiger partial charge in [-0.3, -0.25) is 0 Å². The van der Waals surface area contributed by atoms with Crippen LogP contribution in [0.1, 0.15) is 6.92 Å². The number of rotatable bonds is 0. The van der Waals surface area contributed by atoms with Crippen LogP contribution in [0.25, 0.3) is 0 Å². The normalized spacial score (nSPS) is 35.1. The van der Waals surface area contributed by atoms with Gasteiger partial charge in [0.1, 0.15) is 0 Å². The van der Waals surface area contributed by atoms with Crippen molar-refractivity contribution < 1.29 is 0 Å². The molecule has 1 unspecified atom stereocenters. The molecule has 2 aliphatic rings. The van der Waals surface area contributed by atoms with E-state index in [4.69, 9.17) is 0 Å². The highest BCUT2D eigenvalue weighted by molar-refractivity contribution is 6.16. The fraction of sp³-hybridized carbons (Fsp3) is 0.500. The zero-order valence-electron chi connectivity index (χ0n) is 5.73. The van der Waals surface area contributed by atoms with Crippen molar-refractivity contribution in [1.82, 2.24) is 5.01 Å². The molecule has 4 heteroatoms. The van der Waals surface area contributed by atoms with E-state index in [2.05, 4.69) is 15.1 Å². The number of hydrazone groups is 1. The van der Waals surface area contributed by atoms with E-state index < -0.39 is 5.79 Å². The Morgan fingerprint density at radius 3 is 3.10 bits per heavy atom. The van der Waals surface area contributed by atoms with Crippen molar-refractivity contribution in [2.75, 3.05) is 6.54 Å². The Bertz CT molecular complexity index is 230. The molecule has 0 aliphatic carbocycles. The van der Waals surface area contributed by atoms with Crippen LogP contribution in [-0.4, -0.2) is 36.0 Å². The third kappa shape index (κ3) is 0.586. The summed E-state index contributed by atoms with van der Waals surface area (Å²) in [6.07, 6.45) is 5.19. The van der Waals surface area contributed by atoms with Gasteiger partial charge < -0.3 is 0 Å². The second-order valence-electron chi connectivity index (χ2n) is 2.41. The van der Waals surface area contributed by atoms with Crippen LogP contribution in [0.5, 0.6) is 0 Å². The van der Waals surface area contributed by atoms with Crippen LogP contribution in [0.2, 0.25) is 0 Å². The molecule has 1 atom stereocenters. The van der Waals surface area contributed by atoms with Gasteiger partial charge in [-0.25, -0.2) is 15.0 Å². The van der Waals surface area contributed by atoms with Crippen LogP contribution in [0.4, 0.5) is 0 Å². The van der Waals surface area contributed by atoms with Crippen molar-refractivity contribution in [1.29, 1.82) is 0 Å². The smallest absolute Gasteiger partial charge is 0.239 e. The van der Waals surface area contributed by atoms with E-state index in [9.17, 15) is 0 Å². The SMILES string of the molecule is CC12N=CC=NN1CC=N2. The van der Waals surface area contributed by atoms with Gasteiger partial charge in [0.05, 0.1) is 12.8 Å². The molecule has 52 valence electrons. The topological polar surface area (TPSA) is 40.3 Å². The maximum absolute atomic E-state index is 4.18. The van der Waals surface area contributed by atoms with Gasteiger partial charge in [0.2, 0.25) is 5.79 Å². The lowest BCUT2D eigenvalue weighted by Crippen LogP contribution is -2.37. The Balaban J connectivity index is 2.37. The van der Waals surface area contributed by atoms with Crippen LogP contribution < -0.4 is 0 Å². The molecular weight excluding hydrogens is 128 g/mol. The van der Waals surface area contributed by atoms with Crippen LogP contribution in [0.3, 0.4) is 0 Å². The fourth-order valence-electron chi connectivity index (χ4n) is 1.07. The molecule has 0 aromatic heterocycles. The van der Waals surface area contributed by atoms with Crippen LogP contribution in [0.15, 0.2) is 15.1 Å². The highest BCUT2D eigenvalue weighted by Crippen LogP contribution is 2.23. The molecule has 0 radical (unpaired) electrons. The molecule has 0 aromatic rings. The minimum atomic E-state index is -0.436. The van der Waals surface area contributed by atoms with Gasteiger partial charge >= 0.3 is 0 Å². The molecule has 0 spiro atoms. The summed E-state index contributed by atoms with van der Waals surface area (Å²) in [5.74, 6) is -0.436. The second-order valence-corrected chi connectivity index (χ2v) is 2.41. The van der Waals surface area contributed by atoms with Gasteiger partial charge in [-0.1, -0.05) is 0 Å². The first-order valence-corrected chi connectivity index (χ1v) is 3.20. The first kappa shape index (κ1) is 5.58. The van der Waals surface area contributed by atoms with Crippen molar-refractivity contribution in [3.05, 3.63) is 0 Å². The lowest BCUT2D eigenvalue weighted by Gasteiger charge is -2.27. The molecule has 0 saturated heterocycles. The molecule has 0 aromatic carbocycles. The Morgan fingerprint density at radius 2 is 2.30 bits per heavy atom. The van der Waals surface area contributed by atoms with Crippen LogP contribution in [-0.2, 0) is 0 Å². The van der Waals surface area contributed by atoms with Gasteiger partial charge in [0.25, 0.3) is 0 Å². The minimum absolute atomic E-state index is 0.436. The summed E-state index contributed by atoms with van der Waals surface area (Å²) in [6, 6.07) is 0. The predicted octanol–water partition coefficient (Wildman–Crippen LogP) is 0.117. The quantitative estimate of drug-likeness (QED) is 0.466. The fourth-order valence-corrected chi connectivity index (χ4v) is 1.07. The third-order valence-electron chi connectivity index (χ3n) is 1.67. The number of hydrogen-bond donors (Lipinski definition) is 0. The van der Waals surface area contributed by atoms with E-state index in [-0.39, 0.29) is 0 Å². The number of aliphatic imine (C=N–C) groups is 2. The summed E-state index contributed by atoms with van der Waals surface area (Å²) in [7, 11) is 0. The standard InChI is InChI=1S/C6H8N4/c1-6-7-2-3-9-10(6)5-4-8-6/h2-4H,5H2,1H3. The predicted molar refractivity (Wildman–Crippen MR) is 40.6 cm³/mol. The molecule has 0 amide bonds. The van der Waals surface area contributed by atoms with E-state index in [1.54, 1.807) is 12.4 Å². The molecule has 2 aliphatic heterocycles. The van der Waals surface area contributed by atoms with Crippen molar-refractivity contribution >= 4 is 18.6 Å². The average Bonchev–Trinajstić information content (AvgIpc) is 2.29. The van der Waals surface area contributed by atoms with Gasteiger partial charge in [-0.2, -0.15) is 5.10 Å². The summed E-state index contributed by atoms with van der Waals surface area (Å²) < 4.78 is 0. The van der Waals surface area contributed by atoms with Gasteiger partial charge in [0.15, 0.2) is 0 Å². The first-order valence-electron chi connectivity index (χ1n) is 3.20. The Kier molecular flexibility index (Phi) is 0.922.